The summed E-state index contributed by atoms with van der Waals surface area (Å²) in [5.41, 5.74) is 1.92. The Bertz CT molecular complexity index is 844. The van der Waals surface area contributed by atoms with E-state index in [-0.39, 0.29) is 18.0 Å². The van der Waals surface area contributed by atoms with E-state index in [4.69, 9.17) is 0 Å². The van der Waals surface area contributed by atoms with Gasteiger partial charge in [0.2, 0.25) is 5.91 Å². The molecule has 164 valence electrons. The lowest BCUT2D eigenvalue weighted by Gasteiger charge is -2.40. The van der Waals surface area contributed by atoms with E-state index in [0.29, 0.717) is 25.6 Å². The van der Waals surface area contributed by atoms with Crippen LogP contribution in [-0.2, 0) is 11.3 Å². The van der Waals surface area contributed by atoms with E-state index in [2.05, 4.69) is 15.5 Å². The van der Waals surface area contributed by atoms with Gasteiger partial charge in [0.15, 0.2) is 0 Å². The van der Waals surface area contributed by atoms with Gasteiger partial charge in [-0.1, -0.05) is 61.4 Å². The maximum absolute atomic E-state index is 13.2. The van der Waals surface area contributed by atoms with E-state index in [1.807, 2.05) is 65.6 Å². The summed E-state index contributed by atoms with van der Waals surface area (Å²) in [5, 5.41) is 6.13. The van der Waals surface area contributed by atoms with Gasteiger partial charge in [-0.3, -0.25) is 9.69 Å². The molecular formula is C25H32N4O2. The summed E-state index contributed by atoms with van der Waals surface area (Å²) in [7, 11) is 0. The van der Waals surface area contributed by atoms with Crippen LogP contribution in [0.25, 0.3) is 0 Å². The molecule has 1 aliphatic carbocycles. The third-order valence-corrected chi connectivity index (χ3v) is 6.44. The molecule has 2 aromatic rings. The summed E-state index contributed by atoms with van der Waals surface area (Å²) < 4.78 is 0. The molecule has 31 heavy (non-hydrogen) atoms. The van der Waals surface area contributed by atoms with Crippen LogP contribution in [0, 0.1) is 5.92 Å². The zero-order valence-electron chi connectivity index (χ0n) is 18.0. The van der Waals surface area contributed by atoms with E-state index in [0.717, 1.165) is 37.2 Å². The average Bonchev–Trinajstić information content (AvgIpc) is 3.34. The first-order valence-corrected chi connectivity index (χ1v) is 11.4. The second-order valence-corrected chi connectivity index (χ2v) is 8.51. The quantitative estimate of drug-likeness (QED) is 0.749. The normalized spacial score (nSPS) is 18.5. The maximum Gasteiger partial charge on any atom is 0.321 e. The fraction of sp³-hybridized carbons (Fsp3) is 0.440. The molecule has 0 aromatic heterocycles. The number of anilines is 1. The van der Waals surface area contributed by atoms with E-state index in [1.54, 1.807) is 0 Å². The highest BCUT2D eigenvalue weighted by Crippen LogP contribution is 2.31. The molecule has 2 fully saturated rings. The van der Waals surface area contributed by atoms with Crippen LogP contribution in [0.1, 0.15) is 31.2 Å². The van der Waals surface area contributed by atoms with Gasteiger partial charge in [-0.15, -0.1) is 0 Å². The minimum atomic E-state index is -0.106. The maximum atomic E-state index is 13.2. The van der Waals surface area contributed by atoms with Gasteiger partial charge in [-0.05, 0) is 36.5 Å². The van der Waals surface area contributed by atoms with Crippen molar-refractivity contribution in [1.29, 1.82) is 0 Å². The number of rotatable bonds is 6. The molecular weight excluding hydrogens is 388 g/mol. The fourth-order valence-corrected chi connectivity index (χ4v) is 4.77. The molecule has 3 amide bonds. The Hall–Kier alpha value is -2.86. The van der Waals surface area contributed by atoms with Gasteiger partial charge in [-0.2, -0.15) is 0 Å². The lowest BCUT2D eigenvalue weighted by atomic mass is 9.95. The predicted molar refractivity (Wildman–Crippen MR) is 123 cm³/mol. The zero-order chi connectivity index (χ0) is 21.5. The molecule has 0 radical (unpaired) electrons. The van der Waals surface area contributed by atoms with E-state index in [9.17, 15) is 9.59 Å². The highest BCUT2D eigenvalue weighted by Gasteiger charge is 2.37. The lowest BCUT2D eigenvalue weighted by molar-refractivity contribution is -0.129. The first-order valence-electron chi connectivity index (χ1n) is 11.4. The number of piperazine rings is 1. The molecule has 2 N–H and O–H groups in total. The highest BCUT2D eigenvalue weighted by atomic mass is 16.2. The molecule has 6 heteroatoms. The Morgan fingerprint density at radius 3 is 2.13 bits per heavy atom. The Balaban J connectivity index is 1.34. The number of nitrogens with zero attached hydrogens (tertiary/aromatic N) is 2. The predicted octanol–water partition coefficient (Wildman–Crippen LogP) is 3.71. The van der Waals surface area contributed by atoms with Crippen molar-refractivity contribution in [3.63, 3.8) is 0 Å². The Morgan fingerprint density at radius 2 is 1.48 bits per heavy atom. The van der Waals surface area contributed by atoms with Crippen molar-refractivity contribution in [1.82, 2.24) is 15.1 Å². The molecule has 1 heterocycles. The number of hydrogen-bond acceptors (Lipinski definition) is 3. The molecule has 4 rings (SSSR count). The van der Waals surface area contributed by atoms with Crippen LogP contribution >= 0.6 is 0 Å². The van der Waals surface area contributed by atoms with E-state index < -0.39 is 0 Å². The van der Waals surface area contributed by atoms with Gasteiger partial charge >= 0.3 is 6.03 Å². The number of benzene rings is 2. The monoisotopic (exact) mass is 420 g/mol. The third-order valence-electron chi connectivity index (χ3n) is 6.44. The van der Waals surface area contributed by atoms with Crippen molar-refractivity contribution in [3.05, 3.63) is 66.2 Å². The SMILES string of the molecule is O=C(NCc1ccccc1)[C@@H](C1CCCC1)N1CCN(C(=O)Nc2ccccc2)CC1. The minimum Gasteiger partial charge on any atom is -0.351 e. The molecule has 1 saturated carbocycles. The van der Waals surface area contributed by atoms with Crippen LogP contribution in [0.3, 0.4) is 0 Å². The van der Waals surface area contributed by atoms with Gasteiger partial charge in [0, 0.05) is 38.4 Å². The molecule has 1 aliphatic heterocycles. The fourth-order valence-electron chi connectivity index (χ4n) is 4.77. The van der Waals surface area contributed by atoms with Crippen LogP contribution in [0.15, 0.2) is 60.7 Å². The third kappa shape index (κ3) is 5.64. The standard InChI is InChI=1S/C25H32N4O2/c30-24(26-19-20-9-3-1-4-10-20)23(21-11-7-8-12-21)28-15-17-29(18-16-28)25(31)27-22-13-5-2-6-14-22/h1-6,9-10,13-14,21,23H,7-8,11-12,15-19H2,(H,26,30)(H,27,31)/t23-/m1/s1. The van der Waals surface area contributed by atoms with Gasteiger partial charge in [0.05, 0.1) is 6.04 Å². The first-order chi connectivity index (χ1) is 15.2. The largest absolute Gasteiger partial charge is 0.351 e. The number of amides is 3. The molecule has 0 bridgehead atoms. The van der Waals surface area contributed by atoms with Crippen molar-refractivity contribution in [2.24, 2.45) is 5.92 Å². The number of urea groups is 1. The number of hydrogen-bond donors (Lipinski definition) is 2. The summed E-state index contributed by atoms with van der Waals surface area (Å²) >= 11 is 0. The van der Waals surface area contributed by atoms with Gasteiger partial charge in [0.25, 0.3) is 0 Å². The Kier molecular flexibility index (Phi) is 7.20. The van der Waals surface area contributed by atoms with E-state index >= 15 is 0 Å². The Labute approximate surface area is 184 Å². The molecule has 0 unspecified atom stereocenters. The summed E-state index contributed by atoms with van der Waals surface area (Å²) in [6, 6.07) is 19.4. The minimum absolute atomic E-state index is 0.0724. The second-order valence-electron chi connectivity index (χ2n) is 8.51. The van der Waals surface area contributed by atoms with Gasteiger partial charge in [0.1, 0.15) is 0 Å². The second kappa shape index (κ2) is 10.4. The molecule has 1 saturated heterocycles. The molecule has 0 spiro atoms. The molecule has 2 aliphatic rings. The first kappa shape index (κ1) is 21.4. The van der Waals surface area contributed by atoms with Crippen molar-refractivity contribution in [2.45, 2.75) is 38.3 Å². The Morgan fingerprint density at radius 1 is 0.871 bits per heavy atom. The lowest BCUT2D eigenvalue weighted by Crippen LogP contribution is -2.58. The van der Waals surface area contributed by atoms with Crippen molar-refractivity contribution >= 4 is 17.6 Å². The topological polar surface area (TPSA) is 64.7 Å². The van der Waals surface area contributed by atoms with Crippen molar-refractivity contribution < 1.29 is 9.59 Å². The van der Waals surface area contributed by atoms with Crippen LogP contribution in [0.2, 0.25) is 0 Å². The molecule has 2 aromatic carbocycles. The number of carbonyl (C=O) groups is 2. The zero-order valence-corrected chi connectivity index (χ0v) is 18.0. The van der Waals surface area contributed by atoms with Gasteiger partial charge < -0.3 is 15.5 Å². The van der Waals surface area contributed by atoms with Crippen molar-refractivity contribution in [3.8, 4) is 0 Å². The smallest absolute Gasteiger partial charge is 0.321 e. The number of carbonyl (C=O) groups excluding carboxylic acids is 2. The molecule has 1 atom stereocenters. The number of nitrogens with one attached hydrogen (secondary N) is 2. The van der Waals surface area contributed by atoms with Crippen LogP contribution < -0.4 is 10.6 Å². The number of para-hydroxylation sites is 1. The van der Waals surface area contributed by atoms with Crippen molar-refractivity contribution in [2.75, 3.05) is 31.5 Å². The van der Waals surface area contributed by atoms with E-state index in [1.165, 1.54) is 12.8 Å². The summed E-state index contributed by atoms with van der Waals surface area (Å²) in [5.74, 6) is 0.526. The van der Waals surface area contributed by atoms with Gasteiger partial charge in [-0.25, -0.2) is 4.79 Å². The van der Waals surface area contributed by atoms with Crippen LogP contribution in [0.5, 0.6) is 0 Å². The van der Waals surface area contributed by atoms with Crippen LogP contribution in [0.4, 0.5) is 10.5 Å². The summed E-state index contributed by atoms with van der Waals surface area (Å²) in [4.78, 5) is 30.0. The average molecular weight is 421 g/mol. The summed E-state index contributed by atoms with van der Waals surface area (Å²) in [6.45, 7) is 3.27. The van der Waals surface area contributed by atoms with Crippen LogP contribution in [-0.4, -0.2) is 54.0 Å². The molecule has 6 nitrogen and oxygen atoms in total. The summed E-state index contributed by atoms with van der Waals surface area (Å²) in [6.07, 6.45) is 4.62. The highest BCUT2D eigenvalue weighted by molar-refractivity contribution is 5.89.